The van der Waals surface area contributed by atoms with Crippen molar-refractivity contribution in [1.29, 1.82) is 0 Å². The molecule has 1 aliphatic carbocycles. The number of benzene rings is 1. The van der Waals surface area contributed by atoms with Crippen LogP contribution in [0.3, 0.4) is 0 Å². The van der Waals surface area contributed by atoms with Crippen molar-refractivity contribution in [1.82, 2.24) is 15.1 Å². The molecule has 1 aromatic heterocycles. The maximum Gasteiger partial charge on any atom is 0.247 e. The zero-order chi connectivity index (χ0) is 14.2. The van der Waals surface area contributed by atoms with E-state index in [4.69, 9.17) is 16.0 Å². The highest BCUT2D eigenvalue weighted by atomic mass is 35.5. The van der Waals surface area contributed by atoms with Crippen LogP contribution in [-0.4, -0.2) is 34.2 Å². The molecule has 0 amide bonds. The first-order valence-electron chi connectivity index (χ1n) is 7.63. The Morgan fingerprint density at radius 2 is 1.90 bits per heavy atom. The average molecular weight is 304 g/mol. The Kier molecular flexibility index (Phi) is 3.43. The molecule has 21 heavy (non-hydrogen) atoms. The van der Waals surface area contributed by atoms with Crippen molar-refractivity contribution in [2.75, 3.05) is 13.1 Å². The SMILES string of the molecule is Clc1ccc(-c2nnc([C@H]3CCN(C4CCC4)C3)o2)cc1. The molecular weight excluding hydrogens is 286 g/mol. The Bertz CT molecular complexity index is 621. The molecule has 0 N–H and O–H groups in total. The van der Waals surface area contributed by atoms with Gasteiger partial charge in [-0.3, -0.25) is 4.90 Å². The Morgan fingerprint density at radius 1 is 1.10 bits per heavy atom. The van der Waals surface area contributed by atoms with Gasteiger partial charge in [-0.2, -0.15) is 0 Å². The van der Waals surface area contributed by atoms with E-state index in [0.717, 1.165) is 37.0 Å². The van der Waals surface area contributed by atoms with Crippen molar-refractivity contribution in [3.05, 3.63) is 35.2 Å². The van der Waals surface area contributed by atoms with E-state index in [9.17, 15) is 0 Å². The van der Waals surface area contributed by atoms with Gasteiger partial charge in [-0.05, 0) is 50.1 Å². The first-order chi connectivity index (χ1) is 10.3. The van der Waals surface area contributed by atoms with Crippen molar-refractivity contribution >= 4 is 11.6 Å². The molecule has 2 aromatic rings. The molecule has 2 fully saturated rings. The van der Waals surface area contributed by atoms with Gasteiger partial charge in [0.25, 0.3) is 0 Å². The molecule has 4 nitrogen and oxygen atoms in total. The topological polar surface area (TPSA) is 42.2 Å². The summed E-state index contributed by atoms with van der Waals surface area (Å²) in [4.78, 5) is 2.58. The van der Waals surface area contributed by atoms with E-state index < -0.39 is 0 Å². The summed E-state index contributed by atoms with van der Waals surface area (Å²) in [7, 11) is 0. The van der Waals surface area contributed by atoms with Gasteiger partial charge in [0.15, 0.2) is 0 Å². The van der Waals surface area contributed by atoms with Crippen LogP contribution in [0, 0.1) is 0 Å². The largest absolute Gasteiger partial charge is 0.420 e. The van der Waals surface area contributed by atoms with Crippen molar-refractivity contribution in [2.24, 2.45) is 0 Å². The minimum Gasteiger partial charge on any atom is -0.420 e. The van der Waals surface area contributed by atoms with Gasteiger partial charge in [0.05, 0.1) is 5.92 Å². The molecule has 5 heteroatoms. The van der Waals surface area contributed by atoms with E-state index in [1.54, 1.807) is 0 Å². The second-order valence-electron chi connectivity index (χ2n) is 6.02. The first-order valence-corrected chi connectivity index (χ1v) is 8.01. The van der Waals surface area contributed by atoms with E-state index in [2.05, 4.69) is 15.1 Å². The van der Waals surface area contributed by atoms with E-state index in [1.165, 1.54) is 19.3 Å². The van der Waals surface area contributed by atoms with Crippen LogP contribution < -0.4 is 0 Å². The smallest absolute Gasteiger partial charge is 0.247 e. The molecule has 1 saturated carbocycles. The van der Waals surface area contributed by atoms with Crippen molar-refractivity contribution in [2.45, 2.75) is 37.6 Å². The zero-order valence-corrected chi connectivity index (χ0v) is 12.6. The van der Waals surface area contributed by atoms with Gasteiger partial charge in [-0.25, -0.2) is 0 Å². The molecule has 1 atom stereocenters. The fourth-order valence-electron chi connectivity index (χ4n) is 3.18. The summed E-state index contributed by atoms with van der Waals surface area (Å²) < 4.78 is 5.88. The number of halogens is 1. The molecule has 0 radical (unpaired) electrons. The predicted molar refractivity (Wildman–Crippen MR) is 81.3 cm³/mol. The van der Waals surface area contributed by atoms with Crippen LogP contribution in [-0.2, 0) is 0 Å². The Balaban J connectivity index is 1.48. The zero-order valence-electron chi connectivity index (χ0n) is 11.8. The van der Waals surface area contributed by atoms with E-state index in [1.807, 2.05) is 24.3 Å². The van der Waals surface area contributed by atoms with Gasteiger partial charge in [-0.1, -0.05) is 18.0 Å². The fraction of sp³-hybridized carbons (Fsp3) is 0.500. The molecule has 2 heterocycles. The van der Waals surface area contributed by atoms with E-state index >= 15 is 0 Å². The molecular formula is C16H18ClN3O. The maximum atomic E-state index is 5.90. The molecule has 1 aliphatic heterocycles. The quantitative estimate of drug-likeness (QED) is 0.866. The highest BCUT2D eigenvalue weighted by Crippen LogP contribution is 2.34. The third-order valence-corrected chi connectivity index (χ3v) is 4.94. The van der Waals surface area contributed by atoms with Crippen LogP contribution in [0.15, 0.2) is 28.7 Å². The van der Waals surface area contributed by atoms with Gasteiger partial charge >= 0.3 is 0 Å². The number of aromatic nitrogens is 2. The minimum atomic E-state index is 0.388. The van der Waals surface area contributed by atoms with Crippen LogP contribution in [0.1, 0.15) is 37.5 Å². The van der Waals surface area contributed by atoms with Crippen LogP contribution in [0.2, 0.25) is 5.02 Å². The van der Waals surface area contributed by atoms with Crippen molar-refractivity contribution < 1.29 is 4.42 Å². The second-order valence-corrected chi connectivity index (χ2v) is 6.45. The Morgan fingerprint density at radius 3 is 2.62 bits per heavy atom. The molecule has 4 rings (SSSR count). The minimum absolute atomic E-state index is 0.388. The number of nitrogens with zero attached hydrogens (tertiary/aromatic N) is 3. The third-order valence-electron chi connectivity index (χ3n) is 4.69. The number of rotatable bonds is 3. The predicted octanol–water partition coefficient (Wildman–Crippen LogP) is 3.73. The van der Waals surface area contributed by atoms with E-state index in [-0.39, 0.29) is 0 Å². The summed E-state index contributed by atoms with van der Waals surface area (Å²) in [5, 5.41) is 9.16. The molecule has 0 spiro atoms. The summed E-state index contributed by atoms with van der Waals surface area (Å²) in [6.07, 6.45) is 5.21. The summed E-state index contributed by atoms with van der Waals surface area (Å²) in [5.41, 5.74) is 0.923. The van der Waals surface area contributed by atoms with Crippen LogP contribution in [0.25, 0.3) is 11.5 Å². The molecule has 1 aromatic carbocycles. The molecule has 0 bridgehead atoms. The highest BCUT2D eigenvalue weighted by molar-refractivity contribution is 6.30. The number of hydrogen-bond donors (Lipinski definition) is 0. The standard InChI is InChI=1S/C16H18ClN3O/c17-13-6-4-11(5-7-13)15-18-19-16(21-15)12-8-9-20(10-12)14-2-1-3-14/h4-7,12,14H,1-3,8-10H2/t12-/m0/s1. The fourth-order valence-corrected chi connectivity index (χ4v) is 3.31. The lowest BCUT2D eigenvalue weighted by atomic mass is 9.92. The first kappa shape index (κ1) is 13.3. The Labute approximate surface area is 129 Å². The lowest BCUT2D eigenvalue weighted by molar-refractivity contribution is 0.156. The number of hydrogen-bond acceptors (Lipinski definition) is 4. The third kappa shape index (κ3) is 2.58. The second kappa shape index (κ2) is 5.43. The molecule has 110 valence electrons. The number of likely N-dealkylation sites (tertiary alicyclic amines) is 1. The van der Waals surface area contributed by atoms with Crippen LogP contribution in [0.5, 0.6) is 0 Å². The summed E-state index contributed by atoms with van der Waals surface area (Å²) in [5.74, 6) is 1.75. The summed E-state index contributed by atoms with van der Waals surface area (Å²) >= 11 is 5.90. The van der Waals surface area contributed by atoms with Gasteiger partial charge < -0.3 is 4.42 Å². The van der Waals surface area contributed by atoms with Crippen LogP contribution >= 0.6 is 11.6 Å². The van der Waals surface area contributed by atoms with E-state index in [0.29, 0.717) is 16.8 Å². The summed E-state index contributed by atoms with van der Waals surface area (Å²) in [6.45, 7) is 2.22. The van der Waals surface area contributed by atoms with Crippen molar-refractivity contribution in [3.63, 3.8) is 0 Å². The average Bonchev–Trinajstić information content (AvgIpc) is 3.06. The molecule has 1 saturated heterocycles. The maximum absolute atomic E-state index is 5.90. The monoisotopic (exact) mass is 303 g/mol. The van der Waals surface area contributed by atoms with Crippen molar-refractivity contribution in [3.8, 4) is 11.5 Å². The Hall–Kier alpha value is -1.39. The molecule has 2 aliphatic rings. The van der Waals surface area contributed by atoms with Gasteiger partial charge in [0.1, 0.15) is 0 Å². The molecule has 0 unspecified atom stereocenters. The van der Waals surface area contributed by atoms with Gasteiger partial charge in [0.2, 0.25) is 11.8 Å². The van der Waals surface area contributed by atoms with Crippen LogP contribution in [0.4, 0.5) is 0 Å². The van der Waals surface area contributed by atoms with Gasteiger partial charge in [-0.15, -0.1) is 10.2 Å². The lowest BCUT2D eigenvalue weighted by Crippen LogP contribution is -2.38. The highest BCUT2D eigenvalue weighted by Gasteiger charge is 2.34. The summed E-state index contributed by atoms with van der Waals surface area (Å²) in [6, 6.07) is 8.31. The normalized spacial score (nSPS) is 23.4. The lowest BCUT2D eigenvalue weighted by Gasteiger charge is -2.34. The van der Waals surface area contributed by atoms with Gasteiger partial charge in [0, 0.05) is 23.2 Å².